The van der Waals surface area contributed by atoms with E-state index in [4.69, 9.17) is 0 Å². The van der Waals surface area contributed by atoms with E-state index in [1.165, 1.54) is 0 Å². The van der Waals surface area contributed by atoms with E-state index in [0.717, 1.165) is 0 Å². The number of carbonyl (C=O) groups excluding carboxylic acids is 2. The van der Waals surface area contributed by atoms with Gasteiger partial charge in [0.2, 0.25) is 0 Å². The van der Waals surface area contributed by atoms with Crippen molar-refractivity contribution in [3.63, 3.8) is 0 Å². The summed E-state index contributed by atoms with van der Waals surface area (Å²) in [6, 6.07) is 5.25. The molecule has 0 saturated carbocycles. The molecule has 0 atom stereocenters. The van der Waals surface area contributed by atoms with E-state index in [2.05, 4.69) is 31.1 Å². The summed E-state index contributed by atoms with van der Waals surface area (Å²) < 4.78 is 0. The molecule has 6 nitrogen and oxygen atoms in total. The van der Waals surface area contributed by atoms with Gasteiger partial charge in [-0.25, -0.2) is 4.79 Å². The van der Waals surface area contributed by atoms with Crippen LogP contribution in [0.1, 0.15) is 31.3 Å². The number of rotatable bonds is 2. The number of nitrogens with one attached hydrogen (secondary N) is 1. The molecule has 0 aromatic carbocycles. The van der Waals surface area contributed by atoms with Crippen LogP contribution in [-0.2, 0) is 0 Å². The number of hydrogen-bond donors (Lipinski definition) is 1. The second-order valence-electron chi connectivity index (χ2n) is 6.71. The first-order valence-electron chi connectivity index (χ1n) is 7.60. The van der Waals surface area contributed by atoms with Crippen molar-refractivity contribution in [1.82, 2.24) is 20.1 Å². The lowest BCUT2D eigenvalue weighted by Crippen LogP contribution is -2.54. The third-order valence-corrected chi connectivity index (χ3v) is 3.51. The largest absolute Gasteiger partial charge is 0.337 e. The molecule has 1 aliphatic heterocycles. The van der Waals surface area contributed by atoms with Gasteiger partial charge in [-0.15, -0.1) is 0 Å². The van der Waals surface area contributed by atoms with Crippen LogP contribution >= 0.6 is 0 Å². The smallest absolute Gasteiger partial charge is 0.317 e. The highest BCUT2D eigenvalue weighted by molar-refractivity contribution is 5.92. The Morgan fingerprint density at radius 3 is 2.32 bits per heavy atom. The number of hydrogen-bond acceptors (Lipinski definition) is 3. The second kappa shape index (κ2) is 6.77. The van der Waals surface area contributed by atoms with E-state index < -0.39 is 0 Å². The minimum Gasteiger partial charge on any atom is -0.337 e. The first kappa shape index (κ1) is 16.3. The molecule has 120 valence electrons. The van der Waals surface area contributed by atoms with Crippen molar-refractivity contribution >= 4 is 11.9 Å². The zero-order valence-electron chi connectivity index (χ0n) is 13.5. The molecule has 1 saturated heterocycles. The molecule has 1 aromatic rings. The number of aromatic nitrogens is 1. The fourth-order valence-corrected chi connectivity index (χ4v) is 2.22. The van der Waals surface area contributed by atoms with Crippen molar-refractivity contribution in [2.24, 2.45) is 5.41 Å². The molecular weight excluding hydrogens is 280 g/mol. The van der Waals surface area contributed by atoms with E-state index in [9.17, 15) is 9.59 Å². The number of urea groups is 1. The molecule has 0 unspecified atom stereocenters. The molecule has 1 fully saturated rings. The fraction of sp³-hybridized carbons (Fsp3) is 0.562. The van der Waals surface area contributed by atoms with Crippen molar-refractivity contribution < 1.29 is 9.59 Å². The Labute approximate surface area is 131 Å². The van der Waals surface area contributed by atoms with Crippen molar-refractivity contribution in [1.29, 1.82) is 0 Å². The Hall–Kier alpha value is -2.11. The van der Waals surface area contributed by atoms with Crippen LogP contribution in [0, 0.1) is 5.41 Å². The van der Waals surface area contributed by atoms with Gasteiger partial charge in [0.1, 0.15) is 5.69 Å². The number of carbonyl (C=O) groups is 2. The SMILES string of the molecule is CC(C)(C)CNC(=O)N1CCN(C(=O)c2ccccn2)CC1. The first-order chi connectivity index (χ1) is 10.4. The van der Waals surface area contributed by atoms with Crippen molar-refractivity contribution in [2.45, 2.75) is 20.8 Å². The number of amides is 3. The highest BCUT2D eigenvalue weighted by atomic mass is 16.2. The summed E-state index contributed by atoms with van der Waals surface area (Å²) in [6.07, 6.45) is 1.61. The van der Waals surface area contributed by atoms with E-state index in [-0.39, 0.29) is 17.4 Å². The van der Waals surface area contributed by atoms with Gasteiger partial charge in [-0.2, -0.15) is 0 Å². The Kier molecular flexibility index (Phi) is 5.00. The van der Waals surface area contributed by atoms with Gasteiger partial charge in [0.05, 0.1) is 0 Å². The number of nitrogens with zero attached hydrogens (tertiary/aromatic N) is 3. The summed E-state index contributed by atoms with van der Waals surface area (Å²) >= 11 is 0. The Morgan fingerprint density at radius 2 is 1.77 bits per heavy atom. The number of piperazine rings is 1. The Morgan fingerprint density at radius 1 is 1.14 bits per heavy atom. The normalized spacial score (nSPS) is 15.6. The van der Waals surface area contributed by atoms with E-state index in [1.54, 1.807) is 34.2 Å². The van der Waals surface area contributed by atoms with Crippen LogP contribution in [-0.4, -0.2) is 59.4 Å². The lowest BCUT2D eigenvalue weighted by molar-refractivity contribution is 0.0658. The number of pyridine rings is 1. The highest BCUT2D eigenvalue weighted by Crippen LogP contribution is 2.11. The summed E-state index contributed by atoms with van der Waals surface area (Å²) in [5, 5.41) is 2.94. The van der Waals surface area contributed by atoms with Gasteiger partial charge in [-0.1, -0.05) is 26.8 Å². The van der Waals surface area contributed by atoms with Crippen molar-refractivity contribution in [2.75, 3.05) is 32.7 Å². The second-order valence-corrected chi connectivity index (χ2v) is 6.71. The molecular formula is C16H24N4O2. The molecule has 22 heavy (non-hydrogen) atoms. The molecule has 0 aliphatic carbocycles. The van der Waals surface area contributed by atoms with Crippen LogP contribution < -0.4 is 5.32 Å². The molecule has 6 heteroatoms. The Balaban J connectivity index is 1.83. The van der Waals surface area contributed by atoms with Gasteiger partial charge in [-0.3, -0.25) is 9.78 Å². The maximum absolute atomic E-state index is 12.3. The molecule has 0 radical (unpaired) electrons. The predicted molar refractivity (Wildman–Crippen MR) is 84.6 cm³/mol. The fourth-order valence-electron chi connectivity index (χ4n) is 2.22. The molecule has 2 rings (SSSR count). The van der Waals surface area contributed by atoms with Crippen LogP contribution in [0.5, 0.6) is 0 Å². The molecule has 1 aromatic heterocycles. The average molecular weight is 304 g/mol. The third kappa shape index (κ3) is 4.44. The van der Waals surface area contributed by atoms with Gasteiger partial charge < -0.3 is 15.1 Å². The van der Waals surface area contributed by atoms with Gasteiger partial charge in [0.15, 0.2) is 0 Å². The maximum Gasteiger partial charge on any atom is 0.317 e. The predicted octanol–water partition coefficient (Wildman–Crippen LogP) is 1.60. The van der Waals surface area contributed by atoms with E-state index >= 15 is 0 Å². The van der Waals surface area contributed by atoms with Crippen LogP contribution in [0.25, 0.3) is 0 Å². The zero-order valence-corrected chi connectivity index (χ0v) is 13.5. The van der Waals surface area contributed by atoms with Crippen LogP contribution in [0.3, 0.4) is 0 Å². The van der Waals surface area contributed by atoms with Gasteiger partial charge in [-0.05, 0) is 17.5 Å². The molecule has 1 aliphatic rings. The summed E-state index contributed by atoms with van der Waals surface area (Å²) in [7, 11) is 0. The molecule has 0 spiro atoms. The van der Waals surface area contributed by atoms with Gasteiger partial charge >= 0.3 is 6.03 Å². The van der Waals surface area contributed by atoms with Gasteiger partial charge in [0, 0.05) is 38.9 Å². The first-order valence-corrected chi connectivity index (χ1v) is 7.60. The summed E-state index contributed by atoms with van der Waals surface area (Å²) in [5.41, 5.74) is 0.514. The van der Waals surface area contributed by atoms with Gasteiger partial charge in [0.25, 0.3) is 5.91 Å². The minimum atomic E-state index is -0.0738. The van der Waals surface area contributed by atoms with Crippen LogP contribution in [0.4, 0.5) is 4.79 Å². The topological polar surface area (TPSA) is 65.5 Å². The highest BCUT2D eigenvalue weighted by Gasteiger charge is 2.25. The van der Waals surface area contributed by atoms with Crippen LogP contribution in [0.15, 0.2) is 24.4 Å². The lowest BCUT2D eigenvalue weighted by atomic mass is 9.97. The average Bonchev–Trinajstić information content (AvgIpc) is 2.52. The van der Waals surface area contributed by atoms with E-state index in [1.807, 2.05) is 0 Å². The minimum absolute atomic E-state index is 0.0557. The lowest BCUT2D eigenvalue weighted by Gasteiger charge is -2.35. The quantitative estimate of drug-likeness (QED) is 0.902. The molecule has 0 bridgehead atoms. The standard InChI is InChI=1S/C16H24N4O2/c1-16(2,3)12-18-15(22)20-10-8-19(9-11-20)14(21)13-6-4-5-7-17-13/h4-7H,8-12H2,1-3H3,(H,18,22). The van der Waals surface area contributed by atoms with Crippen molar-refractivity contribution in [3.8, 4) is 0 Å². The summed E-state index contributed by atoms with van der Waals surface area (Å²) in [5.74, 6) is -0.0738. The molecule has 1 N–H and O–H groups in total. The molecule has 3 amide bonds. The summed E-state index contributed by atoms with van der Waals surface area (Å²) in [6.45, 7) is 9.06. The monoisotopic (exact) mass is 304 g/mol. The van der Waals surface area contributed by atoms with Crippen molar-refractivity contribution in [3.05, 3.63) is 30.1 Å². The van der Waals surface area contributed by atoms with E-state index in [0.29, 0.717) is 38.4 Å². The third-order valence-electron chi connectivity index (χ3n) is 3.51. The Bertz CT molecular complexity index is 517. The summed E-state index contributed by atoms with van der Waals surface area (Å²) in [4.78, 5) is 32.0. The maximum atomic E-state index is 12.3. The van der Waals surface area contributed by atoms with Crippen LogP contribution in [0.2, 0.25) is 0 Å². The zero-order chi connectivity index (χ0) is 16.2. The molecule has 2 heterocycles.